The molecule has 0 radical (unpaired) electrons. The van der Waals surface area contributed by atoms with Gasteiger partial charge in [0.05, 0.1) is 32.4 Å². The van der Waals surface area contributed by atoms with E-state index in [2.05, 4.69) is 26.5 Å². The third-order valence-corrected chi connectivity index (χ3v) is 5.24. The number of hydrazone groups is 1. The Balaban J connectivity index is 2.13. The van der Waals surface area contributed by atoms with E-state index in [1.165, 1.54) is 20.4 Å². The van der Waals surface area contributed by atoms with E-state index in [0.717, 1.165) is 10.6 Å². The number of carbonyl (C=O) groups is 1. The van der Waals surface area contributed by atoms with Gasteiger partial charge in [-0.25, -0.2) is 13.8 Å². The minimum atomic E-state index is -3.66. The van der Waals surface area contributed by atoms with Gasteiger partial charge < -0.3 is 9.47 Å². The Kier molecular flexibility index (Phi) is 7.41. The first kappa shape index (κ1) is 21.7. The van der Waals surface area contributed by atoms with Crippen LogP contribution in [0, 0.1) is 0 Å². The van der Waals surface area contributed by atoms with Crippen molar-refractivity contribution in [2.75, 3.05) is 31.3 Å². The molecular weight excluding hydrogens is 450 g/mol. The summed E-state index contributed by atoms with van der Waals surface area (Å²) in [5, 5.41) is 3.88. The molecule has 0 atom stereocenters. The van der Waals surface area contributed by atoms with E-state index in [1.54, 1.807) is 42.5 Å². The Morgan fingerprint density at radius 1 is 1.21 bits per heavy atom. The van der Waals surface area contributed by atoms with E-state index in [1.807, 2.05) is 0 Å². The number of ether oxygens (including phenoxy) is 2. The molecule has 0 saturated carbocycles. The number of halogens is 1. The summed E-state index contributed by atoms with van der Waals surface area (Å²) < 4.78 is 36.4. The van der Waals surface area contributed by atoms with Gasteiger partial charge in [0.15, 0.2) is 11.5 Å². The summed E-state index contributed by atoms with van der Waals surface area (Å²) in [7, 11) is -0.651. The molecule has 0 aromatic heterocycles. The minimum Gasteiger partial charge on any atom is -0.493 e. The third-order valence-electron chi connectivity index (χ3n) is 3.61. The average Bonchev–Trinajstić information content (AvgIpc) is 2.64. The molecule has 0 unspecified atom stereocenters. The number of sulfonamides is 1. The summed E-state index contributed by atoms with van der Waals surface area (Å²) in [6.45, 7) is -0.415. The highest BCUT2D eigenvalue weighted by atomic mass is 79.9. The van der Waals surface area contributed by atoms with Gasteiger partial charge in [-0.1, -0.05) is 28.1 Å². The summed E-state index contributed by atoms with van der Waals surface area (Å²) >= 11 is 3.29. The van der Waals surface area contributed by atoms with Crippen molar-refractivity contribution in [1.29, 1.82) is 0 Å². The van der Waals surface area contributed by atoms with Gasteiger partial charge in [-0.3, -0.25) is 9.10 Å². The molecule has 0 saturated heterocycles. The summed E-state index contributed by atoms with van der Waals surface area (Å²) in [6.07, 6.45) is 2.43. The molecule has 150 valence electrons. The van der Waals surface area contributed by atoms with Crippen molar-refractivity contribution in [2.45, 2.75) is 0 Å². The number of nitrogens with one attached hydrogen (secondary N) is 1. The highest BCUT2D eigenvalue weighted by Gasteiger charge is 2.20. The predicted molar refractivity (Wildman–Crippen MR) is 112 cm³/mol. The van der Waals surface area contributed by atoms with Gasteiger partial charge in [-0.15, -0.1) is 0 Å². The van der Waals surface area contributed by atoms with Crippen LogP contribution in [0.1, 0.15) is 5.56 Å². The lowest BCUT2D eigenvalue weighted by Gasteiger charge is -2.21. The maximum Gasteiger partial charge on any atom is 0.260 e. The number of hydrogen-bond acceptors (Lipinski definition) is 6. The number of carbonyl (C=O) groups excluding carboxylic acids is 1. The molecule has 2 aromatic carbocycles. The Hall–Kier alpha value is -2.59. The molecule has 0 bridgehead atoms. The monoisotopic (exact) mass is 469 g/mol. The Morgan fingerprint density at radius 3 is 2.54 bits per heavy atom. The second-order valence-electron chi connectivity index (χ2n) is 5.63. The van der Waals surface area contributed by atoms with Crippen molar-refractivity contribution < 1.29 is 22.7 Å². The van der Waals surface area contributed by atoms with E-state index in [0.29, 0.717) is 27.2 Å². The topological polar surface area (TPSA) is 97.3 Å². The molecule has 28 heavy (non-hydrogen) atoms. The largest absolute Gasteiger partial charge is 0.493 e. The molecule has 10 heteroatoms. The van der Waals surface area contributed by atoms with Gasteiger partial charge in [-0.2, -0.15) is 5.10 Å². The van der Waals surface area contributed by atoms with Gasteiger partial charge in [0.25, 0.3) is 5.91 Å². The molecule has 8 nitrogen and oxygen atoms in total. The summed E-state index contributed by atoms with van der Waals surface area (Å²) in [4.78, 5) is 12.2. The standard InChI is InChI=1S/C18H20BrN3O5S/c1-26-16-9-4-6-13(18(16)27-2)11-20-21-17(23)12-22(28(3,24)25)15-8-5-7-14(19)10-15/h4-11H,12H2,1-3H3,(H,21,23)/b20-11+. The number of anilines is 1. The highest BCUT2D eigenvalue weighted by Crippen LogP contribution is 2.29. The van der Waals surface area contributed by atoms with Crippen molar-refractivity contribution in [3.05, 3.63) is 52.5 Å². The maximum absolute atomic E-state index is 12.2. The molecule has 0 fully saturated rings. The quantitative estimate of drug-likeness (QED) is 0.472. The SMILES string of the molecule is COc1cccc(/C=N/NC(=O)CN(c2cccc(Br)c2)S(C)(=O)=O)c1OC. The van der Waals surface area contributed by atoms with Crippen molar-refractivity contribution in [2.24, 2.45) is 5.10 Å². The number of rotatable bonds is 8. The van der Waals surface area contributed by atoms with Crippen molar-refractivity contribution in [1.82, 2.24) is 5.43 Å². The first-order chi connectivity index (χ1) is 13.3. The number of benzene rings is 2. The number of methoxy groups -OCH3 is 2. The van der Waals surface area contributed by atoms with Gasteiger partial charge in [0.1, 0.15) is 6.54 Å². The minimum absolute atomic E-state index is 0.366. The molecule has 1 amide bonds. The fraction of sp³-hybridized carbons (Fsp3) is 0.222. The van der Waals surface area contributed by atoms with Crippen LogP contribution in [-0.4, -0.2) is 47.6 Å². The van der Waals surface area contributed by atoms with Gasteiger partial charge in [0, 0.05) is 10.0 Å². The van der Waals surface area contributed by atoms with Crippen LogP contribution in [0.5, 0.6) is 11.5 Å². The van der Waals surface area contributed by atoms with Crippen LogP contribution in [0.3, 0.4) is 0 Å². The predicted octanol–water partition coefficient (Wildman–Crippen LogP) is 2.38. The molecule has 0 aliphatic heterocycles. The number of para-hydroxylation sites is 1. The van der Waals surface area contributed by atoms with Crippen LogP contribution in [-0.2, 0) is 14.8 Å². The smallest absolute Gasteiger partial charge is 0.260 e. The zero-order valence-corrected chi connectivity index (χ0v) is 18.0. The Labute approximate surface area is 172 Å². The molecule has 2 aromatic rings. The fourth-order valence-electron chi connectivity index (χ4n) is 2.38. The lowest BCUT2D eigenvalue weighted by Crippen LogP contribution is -2.39. The van der Waals surface area contributed by atoms with Crippen molar-refractivity contribution in [3.63, 3.8) is 0 Å². The van der Waals surface area contributed by atoms with Gasteiger partial charge >= 0.3 is 0 Å². The summed E-state index contributed by atoms with van der Waals surface area (Å²) in [6, 6.07) is 11.9. The number of amides is 1. The summed E-state index contributed by atoms with van der Waals surface area (Å²) in [5.41, 5.74) is 3.28. The number of nitrogens with zero attached hydrogens (tertiary/aromatic N) is 2. The highest BCUT2D eigenvalue weighted by molar-refractivity contribution is 9.10. The molecule has 0 aliphatic carbocycles. The fourth-order valence-corrected chi connectivity index (χ4v) is 3.62. The zero-order chi connectivity index (χ0) is 20.7. The Bertz CT molecular complexity index is 979. The first-order valence-electron chi connectivity index (χ1n) is 8.02. The Morgan fingerprint density at radius 2 is 1.93 bits per heavy atom. The second kappa shape index (κ2) is 9.56. The zero-order valence-electron chi connectivity index (χ0n) is 15.5. The van der Waals surface area contributed by atoms with Gasteiger partial charge in [-0.05, 0) is 30.3 Å². The maximum atomic E-state index is 12.2. The van der Waals surface area contributed by atoms with Crippen LogP contribution >= 0.6 is 15.9 Å². The summed E-state index contributed by atoms with van der Waals surface area (Å²) in [5.74, 6) is 0.397. The average molecular weight is 470 g/mol. The second-order valence-corrected chi connectivity index (χ2v) is 8.45. The van der Waals surface area contributed by atoms with E-state index >= 15 is 0 Å². The first-order valence-corrected chi connectivity index (χ1v) is 10.7. The van der Waals surface area contributed by atoms with E-state index in [-0.39, 0.29) is 0 Å². The van der Waals surface area contributed by atoms with E-state index < -0.39 is 22.5 Å². The third kappa shape index (κ3) is 5.70. The van der Waals surface area contributed by atoms with Crippen LogP contribution in [0.4, 0.5) is 5.69 Å². The molecular formula is C18H20BrN3O5S. The van der Waals surface area contributed by atoms with Crippen LogP contribution in [0.2, 0.25) is 0 Å². The number of hydrogen-bond donors (Lipinski definition) is 1. The molecule has 2 rings (SSSR count). The lowest BCUT2D eigenvalue weighted by molar-refractivity contribution is -0.119. The normalized spacial score (nSPS) is 11.3. The lowest BCUT2D eigenvalue weighted by atomic mass is 10.2. The van der Waals surface area contributed by atoms with Crippen molar-refractivity contribution >= 4 is 43.8 Å². The van der Waals surface area contributed by atoms with Crippen LogP contribution in [0.15, 0.2) is 52.0 Å². The molecule has 0 aliphatic rings. The molecule has 1 N–H and O–H groups in total. The van der Waals surface area contributed by atoms with Crippen molar-refractivity contribution in [3.8, 4) is 11.5 Å². The van der Waals surface area contributed by atoms with E-state index in [9.17, 15) is 13.2 Å². The molecule has 0 spiro atoms. The van der Waals surface area contributed by atoms with Gasteiger partial charge in [0.2, 0.25) is 10.0 Å². The molecule has 0 heterocycles. The van der Waals surface area contributed by atoms with Crippen LogP contribution in [0.25, 0.3) is 0 Å². The van der Waals surface area contributed by atoms with E-state index in [4.69, 9.17) is 9.47 Å². The van der Waals surface area contributed by atoms with Crippen LogP contribution < -0.4 is 19.2 Å².